The molecule has 74 valence electrons. The molecule has 14 heavy (non-hydrogen) atoms. The zero-order chi connectivity index (χ0) is 10.4. The van der Waals surface area contributed by atoms with Crippen LogP contribution in [-0.2, 0) is 4.79 Å². The average Bonchev–Trinajstić information content (AvgIpc) is 2.18. The number of hydrogen-bond donors (Lipinski definition) is 0. The predicted octanol–water partition coefficient (Wildman–Crippen LogP) is 2.72. The lowest BCUT2D eigenvalue weighted by Crippen LogP contribution is -1.96. The third-order valence-electron chi connectivity index (χ3n) is 1.54. The summed E-state index contributed by atoms with van der Waals surface area (Å²) in [5.74, 6) is 0.441. The first kappa shape index (κ1) is 11.3. The lowest BCUT2D eigenvalue weighted by molar-refractivity contribution is -0.111. The molecule has 0 spiro atoms. The summed E-state index contributed by atoms with van der Waals surface area (Å²) in [7, 11) is 0. The van der Waals surface area contributed by atoms with Gasteiger partial charge in [-0.1, -0.05) is 42.1 Å². The number of hydrogen-bond acceptors (Lipinski definition) is 3. The summed E-state index contributed by atoms with van der Waals surface area (Å²) >= 11 is 6.26. The Balaban J connectivity index is 2.40. The van der Waals surface area contributed by atoms with Gasteiger partial charge in [0, 0.05) is 17.7 Å². The molecule has 1 rings (SSSR count). The third kappa shape index (κ3) is 3.94. The molecule has 4 heteroatoms. The van der Waals surface area contributed by atoms with Crippen LogP contribution in [0.25, 0.3) is 0 Å². The van der Waals surface area contributed by atoms with Crippen LogP contribution in [0.3, 0.4) is 0 Å². The fourth-order valence-corrected chi connectivity index (χ4v) is 1.86. The fourth-order valence-electron chi connectivity index (χ4n) is 0.882. The van der Waals surface area contributed by atoms with Crippen molar-refractivity contribution >= 4 is 33.7 Å². The molecule has 1 aromatic rings. The van der Waals surface area contributed by atoms with Crippen molar-refractivity contribution < 1.29 is 9.59 Å². The number of rotatable bonds is 4. The Morgan fingerprint density at radius 2 is 1.86 bits per heavy atom. The number of thioether (sulfide) groups is 1. The molecule has 0 saturated heterocycles. The van der Waals surface area contributed by atoms with Crippen molar-refractivity contribution in [3.63, 3.8) is 0 Å². The topological polar surface area (TPSA) is 34.1 Å². The van der Waals surface area contributed by atoms with E-state index in [-0.39, 0.29) is 11.5 Å². The van der Waals surface area contributed by atoms with E-state index < -0.39 is 5.24 Å². The third-order valence-corrected chi connectivity index (χ3v) is 2.64. The predicted molar refractivity (Wildman–Crippen MR) is 58.7 cm³/mol. The molecule has 0 atom stereocenters. The molecule has 0 saturated carbocycles. The zero-order valence-electron chi connectivity index (χ0n) is 7.40. The summed E-state index contributed by atoms with van der Waals surface area (Å²) in [6.07, 6.45) is 0.227. The fraction of sp³-hybridized carbons (Fsp3) is 0.200. The summed E-state index contributed by atoms with van der Waals surface area (Å²) in [5, 5.41) is -0.429. The average molecular weight is 229 g/mol. The van der Waals surface area contributed by atoms with E-state index >= 15 is 0 Å². The minimum atomic E-state index is -0.404. The Labute approximate surface area is 91.6 Å². The second-order valence-electron chi connectivity index (χ2n) is 2.61. The monoisotopic (exact) mass is 228 g/mol. The van der Waals surface area contributed by atoms with Gasteiger partial charge in [-0.2, -0.15) is 0 Å². The van der Waals surface area contributed by atoms with Crippen LogP contribution in [0.4, 0.5) is 0 Å². The van der Waals surface area contributed by atoms with Crippen molar-refractivity contribution in [3.05, 3.63) is 35.9 Å². The van der Waals surface area contributed by atoms with Crippen molar-refractivity contribution in [2.24, 2.45) is 0 Å². The molecule has 0 N–H and O–H groups in total. The van der Waals surface area contributed by atoms with Crippen LogP contribution in [0.15, 0.2) is 30.3 Å². The van der Waals surface area contributed by atoms with E-state index in [0.717, 1.165) is 11.8 Å². The van der Waals surface area contributed by atoms with Crippen LogP contribution in [-0.4, -0.2) is 16.1 Å². The molecule has 0 radical (unpaired) electrons. The first-order valence-corrected chi connectivity index (χ1v) is 5.47. The van der Waals surface area contributed by atoms with Crippen molar-refractivity contribution in [3.8, 4) is 0 Å². The molecule has 0 aliphatic heterocycles. The van der Waals surface area contributed by atoms with E-state index in [0.29, 0.717) is 11.3 Å². The van der Waals surface area contributed by atoms with Crippen LogP contribution in [0.2, 0.25) is 0 Å². The van der Waals surface area contributed by atoms with E-state index in [9.17, 15) is 9.59 Å². The normalized spacial score (nSPS) is 9.79. The molecule has 0 aliphatic rings. The smallest absolute Gasteiger partial charge is 0.222 e. The van der Waals surface area contributed by atoms with Gasteiger partial charge in [-0.05, 0) is 11.6 Å². The number of halogens is 1. The van der Waals surface area contributed by atoms with Gasteiger partial charge < -0.3 is 0 Å². The first-order valence-electron chi connectivity index (χ1n) is 4.10. The molecule has 0 heterocycles. The highest BCUT2D eigenvalue weighted by Crippen LogP contribution is 2.13. The van der Waals surface area contributed by atoms with E-state index in [2.05, 4.69) is 0 Å². The molecule has 1 aromatic carbocycles. The highest BCUT2D eigenvalue weighted by atomic mass is 35.5. The Kier molecular flexibility index (Phi) is 4.70. The summed E-state index contributed by atoms with van der Waals surface area (Å²) in [6, 6.07) is 8.96. The van der Waals surface area contributed by atoms with Gasteiger partial charge in [-0.15, -0.1) is 0 Å². The SMILES string of the molecule is O=C(Cl)CCSC(=O)c1ccccc1. The molecule has 2 nitrogen and oxygen atoms in total. The van der Waals surface area contributed by atoms with Crippen LogP contribution in [0.1, 0.15) is 16.8 Å². The number of carbonyl (C=O) groups is 2. The molecular weight excluding hydrogens is 220 g/mol. The van der Waals surface area contributed by atoms with Gasteiger partial charge in [0.25, 0.3) is 0 Å². The molecule has 0 bridgehead atoms. The number of carbonyl (C=O) groups excluding carboxylic acids is 2. The minimum Gasteiger partial charge on any atom is -0.282 e. The summed E-state index contributed by atoms with van der Waals surface area (Å²) < 4.78 is 0. The van der Waals surface area contributed by atoms with Gasteiger partial charge in [0.1, 0.15) is 0 Å². The van der Waals surface area contributed by atoms with Gasteiger partial charge in [-0.3, -0.25) is 9.59 Å². The van der Waals surface area contributed by atoms with Crippen LogP contribution >= 0.6 is 23.4 Å². The molecule has 0 fully saturated rings. The maximum Gasteiger partial charge on any atom is 0.222 e. The number of benzene rings is 1. The maximum absolute atomic E-state index is 11.4. The van der Waals surface area contributed by atoms with Gasteiger partial charge in [0.2, 0.25) is 10.4 Å². The van der Waals surface area contributed by atoms with Crippen LogP contribution in [0.5, 0.6) is 0 Å². The van der Waals surface area contributed by atoms with Gasteiger partial charge in [0.15, 0.2) is 0 Å². The van der Waals surface area contributed by atoms with Crippen molar-refractivity contribution in [2.45, 2.75) is 6.42 Å². The van der Waals surface area contributed by atoms with Gasteiger partial charge in [-0.25, -0.2) is 0 Å². The zero-order valence-corrected chi connectivity index (χ0v) is 8.98. The van der Waals surface area contributed by atoms with E-state index in [1.54, 1.807) is 24.3 Å². The van der Waals surface area contributed by atoms with Gasteiger partial charge >= 0.3 is 0 Å². The van der Waals surface area contributed by atoms with Crippen molar-refractivity contribution in [1.82, 2.24) is 0 Å². The second-order valence-corrected chi connectivity index (χ2v) is 4.10. The standard InChI is InChI=1S/C10H9ClO2S/c11-9(12)6-7-14-10(13)8-4-2-1-3-5-8/h1-5H,6-7H2. The molecule has 0 amide bonds. The van der Waals surface area contributed by atoms with Crippen LogP contribution in [0, 0.1) is 0 Å². The lowest BCUT2D eigenvalue weighted by atomic mass is 10.2. The van der Waals surface area contributed by atoms with Crippen LogP contribution < -0.4 is 0 Å². The van der Waals surface area contributed by atoms with Crippen molar-refractivity contribution in [1.29, 1.82) is 0 Å². The van der Waals surface area contributed by atoms with E-state index in [1.807, 2.05) is 6.07 Å². The largest absolute Gasteiger partial charge is 0.282 e. The first-order chi connectivity index (χ1) is 6.70. The quantitative estimate of drug-likeness (QED) is 0.744. The van der Waals surface area contributed by atoms with Crippen molar-refractivity contribution in [2.75, 3.05) is 5.75 Å². The molecule has 0 aromatic heterocycles. The maximum atomic E-state index is 11.4. The summed E-state index contributed by atoms with van der Waals surface area (Å²) in [5.41, 5.74) is 0.652. The molecular formula is C10H9ClO2S. The van der Waals surface area contributed by atoms with Gasteiger partial charge in [0.05, 0.1) is 0 Å². The Hall–Kier alpha value is -0.800. The Morgan fingerprint density at radius 1 is 1.21 bits per heavy atom. The second kappa shape index (κ2) is 5.83. The molecule has 0 aliphatic carbocycles. The Morgan fingerprint density at radius 3 is 2.43 bits per heavy atom. The lowest BCUT2D eigenvalue weighted by Gasteiger charge is -1.98. The van der Waals surface area contributed by atoms with E-state index in [1.165, 1.54) is 0 Å². The summed E-state index contributed by atoms with van der Waals surface area (Å²) in [4.78, 5) is 21.8. The molecule has 0 unspecified atom stereocenters. The highest BCUT2D eigenvalue weighted by molar-refractivity contribution is 8.14. The minimum absolute atomic E-state index is 0.0245. The van der Waals surface area contributed by atoms with E-state index in [4.69, 9.17) is 11.6 Å². The Bertz CT molecular complexity index is 324. The highest BCUT2D eigenvalue weighted by Gasteiger charge is 2.06. The summed E-state index contributed by atoms with van der Waals surface area (Å²) in [6.45, 7) is 0.